The van der Waals surface area contributed by atoms with Gasteiger partial charge in [0, 0.05) is 12.6 Å². The Bertz CT molecular complexity index is 195. The Morgan fingerprint density at radius 2 is 2.33 bits per heavy atom. The van der Waals surface area contributed by atoms with Gasteiger partial charge in [0.2, 0.25) is 0 Å². The van der Waals surface area contributed by atoms with E-state index in [-0.39, 0.29) is 6.04 Å². The molecule has 4 heteroatoms. The van der Waals surface area contributed by atoms with Crippen LogP contribution in [0.3, 0.4) is 0 Å². The van der Waals surface area contributed by atoms with E-state index in [9.17, 15) is 4.79 Å². The second-order valence-electron chi connectivity index (χ2n) is 3.53. The number of amides is 1. The number of likely N-dealkylation sites (tertiary alicyclic amines) is 1. The molecule has 12 heavy (non-hydrogen) atoms. The number of piperidine rings is 1. The molecule has 68 valence electrons. The molecule has 2 heterocycles. The minimum Gasteiger partial charge on any atom is -0.465 e. The molecule has 2 N–H and O–H groups in total. The van der Waals surface area contributed by atoms with Crippen LogP contribution in [-0.2, 0) is 0 Å². The van der Waals surface area contributed by atoms with Crippen LogP contribution in [0.5, 0.6) is 0 Å². The molecule has 0 aromatic carbocycles. The quantitative estimate of drug-likeness (QED) is 0.556. The third-order valence-electron chi connectivity index (χ3n) is 2.87. The number of nitrogens with one attached hydrogen (secondary N) is 1. The first-order valence-electron chi connectivity index (χ1n) is 4.52. The summed E-state index contributed by atoms with van der Waals surface area (Å²) in [5.74, 6) is 0. The minimum atomic E-state index is -0.758. The first kappa shape index (κ1) is 7.86. The lowest BCUT2D eigenvalue weighted by atomic mass is 10.00. The maximum Gasteiger partial charge on any atom is 0.407 e. The van der Waals surface area contributed by atoms with Crippen LogP contribution >= 0.6 is 0 Å². The summed E-state index contributed by atoms with van der Waals surface area (Å²) in [5, 5.41) is 12.2. The Hall–Kier alpha value is -0.770. The number of hydrogen-bond donors (Lipinski definition) is 2. The van der Waals surface area contributed by atoms with E-state index in [4.69, 9.17) is 5.11 Å². The molecule has 0 aromatic rings. The van der Waals surface area contributed by atoms with Gasteiger partial charge in [-0.05, 0) is 25.8 Å². The normalized spacial score (nSPS) is 34.8. The Labute approximate surface area is 71.5 Å². The van der Waals surface area contributed by atoms with Gasteiger partial charge in [0.15, 0.2) is 0 Å². The van der Waals surface area contributed by atoms with Crippen LogP contribution < -0.4 is 5.32 Å². The van der Waals surface area contributed by atoms with Crippen LogP contribution in [0.2, 0.25) is 0 Å². The number of hydrogen-bond acceptors (Lipinski definition) is 2. The average Bonchev–Trinajstić information content (AvgIpc) is 2.47. The van der Waals surface area contributed by atoms with Gasteiger partial charge in [0.25, 0.3) is 0 Å². The van der Waals surface area contributed by atoms with Gasteiger partial charge < -0.3 is 15.3 Å². The number of rotatable bonds is 0. The summed E-state index contributed by atoms with van der Waals surface area (Å²) < 4.78 is 0. The maximum absolute atomic E-state index is 10.8. The van der Waals surface area contributed by atoms with Crippen LogP contribution in [0.1, 0.15) is 19.3 Å². The lowest BCUT2D eigenvalue weighted by Gasteiger charge is -2.30. The summed E-state index contributed by atoms with van der Waals surface area (Å²) in [5.41, 5.74) is 0. The molecule has 1 amide bonds. The molecule has 0 spiro atoms. The molecule has 2 fully saturated rings. The van der Waals surface area contributed by atoms with Gasteiger partial charge in [-0.15, -0.1) is 0 Å². The van der Waals surface area contributed by atoms with Crippen molar-refractivity contribution in [3.8, 4) is 0 Å². The van der Waals surface area contributed by atoms with Crippen molar-refractivity contribution in [3.05, 3.63) is 0 Å². The molecule has 2 aliphatic rings. The molecule has 0 bridgehead atoms. The topological polar surface area (TPSA) is 52.6 Å². The predicted octanol–water partition coefficient (Wildman–Crippen LogP) is 0.491. The van der Waals surface area contributed by atoms with E-state index < -0.39 is 6.09 Å². The van der Waals surface area contributed by atoms with Crippen LogP contribution in [0.25, 0.3) is 0 Å². The van der Waals surface area contributed by atoms with E-state index in [0.29, 0.717) is 12.6 Å². The van der Waals surface area contributed by atoms with Gasteiger partial charge in [-0.25, -0.2) is 4.79 Å². The highest BCUT2D eigenvalue weighted by molar-refractivity contribution is 5.66. The zero-order valence-electron chi connectivity index (χ0n) is 6.99. The molecule has 4 nitrogen and oxygen atoms in total. The molecule has 0 aromatic heterocycles. The zero-order valence-corrected chi connectivity index (χ0v) is 6.99. The summed E-state index contributed by atoms with van der Waals surface area (Å²) in [6.07, 6.45) is 2.36. The first-order valence-corrected chi connectivity index (χ1v) is 4.52. The monoisotopic (exact) mass is 170 g/mol. The molecule has 2 aliphatic heterocycles. The van der Waals surface area contributed by atoms with Crippen LogP contribution in [-0.4, -0.2) is 41.3 Å². The van der Waals surface area contributed by atoms with E-state index in [0.717, 1.165) is 25.8 Å². The number of fused-ring (bicyclic) bond motifs is 1. The van der Waals surface area contributed by atoms with Crippen molar-refractivity contribution in [2.75, 3.05) is 13.1 Å². The molecule has 2 rings (SSSR count). The smallest absolute Gasteiger partial charge is 0.407 e. The SMILES string of the molecule is O=C(O)N1CCC2NCCCC21. The lowest BCUT2D eigenvalue weighted by molar-refractivity contribution is 0.129. The molecule has 0 saturated carbocycles. The summed E-state index contributed by atoms with van der Waals surface area (Å²) in [4.78, 5) is 12.3. The summed E-state index contributed by atoms with van der Waals surface area (Å²) in [6, 6.07) is 0.672. The fourth-order valence-electron chi connectivity index (χ4n) is 2.28. The zero-order chi connectivity index (χ0) is 8.55. The molecule has 0 aliphatic carbocycles. The Morgan fingerprint density at radius 3 is 3.08 bits per heavy atom. The molecule has 0 radical (unpaired) electrons. The molecule has 2 saturated heterocycles. The molecule has 2 atom stereocenters. The van der Waals surface area contributed by atoms with Crippen molar-refractivity contribution in [1.82, 2.24) is 10.2 Å². The minimum absolute atomic E-state index is 0.247. The van der Waals surface area contributed by atoms with Crippen molar-refractivity contribution < 1.29 is 9.90 Å². The second kappa shape index (κ2) is 2.94. The average molecular weight is 170 g/mol. The Morgan fingerprint density at radius 1 is 1.50 bits per heavy atom. The van der Waals surface area contributed by atoms with E-state index in [2.05, 4.69) is 5.32 Å². The van der Waals surface area contributed by atoms with Gasteiger partial charge in [-0.3, -0.25) is 0 Å². The van der Waals surface area contributed by atoms with E-state index in [1.165, 1.54) is 0 Å². The third kappa shape index (κ3) is 1.16. The molecular weight excluding hydrogens is 156 g/mol. The Kier molecular flexibility index (Phi) is 1.92. The van der Waals surface area contributed by atoms with Gasteiger partial charge in [-0.1, -0.05) is 0 Å². The number of carbonyl (C=O) groups is 1. The lowest BCUT2D eigenvalue weighted by Crippen LogP contribution is -2.48. The van der Waals surface area contributed by atoms with Crippen molar-refractivity contribution in [2.24, 2.45) is 0 Å². The van der Waals surface area contributed by atoms with E-state index in [1.54, 1.807) is 4.90 Å². The number of carboxylic acid groups (broad SMARTS) is 1. The summed E-state index contributed by atoms with van der Waals surface area (Å²) >= 11 is 0. The van der Waals surface area contributed by atoms with Crippen LogP contribution in [0, 0.1) is 0 Å². The van der Waals surface area contributed by atoms with Crippen molar-refractivity contribution in [3.63, 3.8) is 0 Å². The highest BCUT2D eigenvalue weighted by Gasteiger charge is 2.37. The maximum atomic E-state index is 10.8. The van der Waals surface area contributed by atoms with E-state index >= 15 is 0 Å². The highest BCUT2D eigenvalue weighted by atomic mass is 16.4. The largest absolute Gasteiger partial charge is 0.465 e. The fraction of sp³-hybridized carbons (Fsp3) is 0.875. The third-order valence-corrected chi connectivity index (χ3v) is 2.87. The standard InChI is InChI=1S/C8H14N2O2/c11-8(12)10-5-3-6-7(10)2-1-4-9-6/h6-7,9H,1-5H2,(H,11,12). The van der Waals surface area contributed by atoms with Gasteiger partial charge in [0.1, 0.15) is 0 Å². The molecular formula is C8H14N2O2. The van der Waals surface area contributed by atoms with Gasteiger partial charge >= 0.3 is 6.09 Å². The molecule has 2 unspecified atom stereocenters. The van der Waals surface area contributed by atoms with Crippen molar-refractivity contribution in [2.45, 2.75) is 31.3 Å². The van der Waals surface area contributed by atoms with Crippen LogP contribution in [0.15, 0.2) is 0 Å². The summed E-state index contributed by atoms with van der Waals surface area (Å²) in [6.45, 7) is 1.76. The summed E-state index contributed by atoms with van der Waals surface area (Å²) in [7, 11) is 0. The second-order valence-corrected chi connectivity index (χ2v) is 3.53. The first-order chi connectivity index (χ1) is 5.79. The highest BCUT2D eigenvalue weighted by Crippen LogP contribution is 2.24. The van der Waals surface area contributed by atoms with E-state index in [1.807, 2.05) is 0 Å². The fourth-order valence-corrected chi connectivity index (χ4v) is 2.28. The van der Waals surface area contributed by atoms with Crippen LogP contribution in [0.4, 0.5) is 4.79 Å². The van der Waals surface area contributed by atoms with Crippen molar-refractivity contribution in [1.29, 1.82) is 0 Å². The van der Waals surface area contributed by atoms with Gasteiger partial charge in [-0.2, -0.15) is 0 Å². The predicted molar refractivity (Wildman–Crippen MR) is 44.2 cm³/mol. The van der Waals surface area contributed by atoms with Crippen molar-refractivity contribution >= 4 is 6.09 Å². The Balaban J connectivity index is 2.05. The number of nitrogens with zero attached hydrogens (tertiary/aromatic N) is 1. The van der Waals surface area contributed by atoms with Gasteiger partial charge in [0.05, 0.1) is 6.04 Å².